The smallest absolute Gasteiger partial charge is 0.162 e. The van der Waals surface area contributed by atoms with Gasteiger partial charge in [0, 0.05) is 18.2 Å². The van der Waals surface area contributed by atoms with Crippen LogP contribution in [0.2, 0.25) is 0 Å². The Morgan fingerprint density at radius 2 is 1.11 bits per heavy atom. The van der Waals surface area contributed by atoms with E-state index in [1.165, 1.54) is 16.7 Å². The molecule has 35 heavy (non-hydrogen) atoms. The Labute approximate surface area is 206 Å². The molecule has 0 aliphatic carbocycles. The van der Waals surface area contributed by atoms with Crippen LogP contribution in [0, 0.1) is 0 Å². The standard InChI is InChI=1S/C32H28N2O/c35-31(26-14-5-1-6-15-26)23-13-22-30-24-34(25-33-30)32(27-16-7-2-8-17-27,28-18-9-3-10-19-28)29-20-11-4-12-21-29/h1-12,14-21,24-25H,13,22-23H2. The molecule has 0 saturated carbocycles. The Bertz CT molecular complexity index is 1260. The van der Waals surface area contributed by atoms with Crippen molar-refractivity contribution in [2.24, 2.45) is 0 Å². The molecule has 0 bridgehead atoms. The fourth-order valence-corrected chi connectivity index (χ4v) is 4.86. The highest BCUT2D eigenvalue weighted by Crippen LogP contribution is 2.40. The van der Waals surface area contributed by atoms with Gasteiger partial charge in [0.2, 0.25) is 0 Å². The zero-order valence-corrected chi connectivity index (χ0v) is 19.6. The zero-order chi connectivity index (χ0) is 23.9. The van der Waals surface area contributed by atoms with Crippen LogP contribution in [-0.4, -0.2) is 15.3 Å². The number of hydrogen-bond acceptors (Lipinski definition) is 2. The maximum absolute atomic E-state index is 12.5. The van der Waals surface area contributed by atoms with E-state index in [0.29, 0.717) is 6.42 Å². The average Bonchev–Trinajstić information content (AvgIpc) is 3.40. The number of rotatable bonds is 9. The first-order valence-electron chi connectivity index (χ1n) is 12.1. The van der Waals surface area contributed by atoms with Gasteiger partial charge in [-0.15, -0.1) is 0 Å². The van der Waals surface area contributed by atoms with E-state index in [2.05, 4.69) is 83.6 Å². The number of Topliss-reactive ketones (excluding diaryl/α,β-unsaturated/α-hetero) is 1. The molecule has 3 nitrogen and oxygen atoms in total. The Morgan fingerprint density at radius 1 is 0.657 bits per heavy atom. The highest BCUT2D eigenvalue weighted by atomic mass is 16.1. The first-order valence-corrected chi connectivity index (χ1v) is 12.1. The molecule has 0 fully saturated rings. The van der Waals surface area contributed by atoms with Crippen LogP contribution in [0.25, 0.3) is 0 Å². The number of aryl methyl sites for hydroxylation is 1. The van der Waals surface area contributed by atoms with Gasteiger partial charge >= 0.3 is 0 Å². The van der Waals surface area contributed by atoms with E-state index in [1.807, 2.05) is 54.9 Å². The number of aromatic nitrogens is 2. The summed E-state index contributed by atoms with van der Waals surface area (Å²) in [5, 5.41) is 0. The Balaban J connectivity index is 1.51. The second-order valence-electron chi connectivity index (χ2n) is 8.72. The molecule has 1 heterocycles. The van der Waals surface area contributed by atoms with Gasteiger partial charge < -0.3 is 4.57 Å². The molecule has 3 heteroatoms. The minimum atomic E-state index is -0.561. The van der Waals surface area contributed by atoms with E-state index in [-0.39, 0.29) is 5.78 Å². The second kappa shape index (κ2) is 10.4. The minimum Gasteiger partial charge on any atom is -0.319 e. The highest BCUT2D eigenvalue weighted by molar-refractivity contribution is 5.95. The van der Waals surface area contributed by atoms with Crippen molar-refractivity contribution in [1.29, 1.82) is 0 Å². The van der Waals surface area contributed by atoms with Crippen molar-refractivity contribution in [2.75, 3.05) is 0 Å². The predicted octanol–water partition coefficient (Wildman–Crippen LogP) is 6.93. The lowest BCUT2D eigenvalue weighted by Crippen LogP contribution is -2.36. The van der Waals surface area contributed by atoms with Crippen LogP contribution in [0.5, 0.6) is 0 Å². The minimum absolute atomic E-state index is 0.178. The molecular weight excluding hydrogens is 428 g/mol. The number of carbonyl (C=O) groups excluding carboxylic acids is 1. The van der Waals surface area contributed by atoms with Crippen LogP contribution < -0.4 is 0 Å². The van der Waals surface area contributed by atoms with Crippen molar-refractivity contribution in [1.82, 2.24) is 9.55 Å². The molecule has 4 aromatic carbocycles. The lowest BCUT2D eigenvalue weighted by atomic mass is 9.77. The van der Waals surface area contributed by atoms with E-state index in [1.54, 1.807) is 0 Å². The molecule has 5 aromatic rings. The maximum Gasteiger partial charge on any atom is 0.162 e. The molecule has 0 saturated heterocycles. The zero-order valence-electron chi connectivity index (χ0n) is 19.6. The van der Waals surface area contributed by atoms with Crippen LogP contribution in [0.4, 0.5) is 0 Å². The fourth-order valence-electron chi connectivity index (χ4n) is 4.86. The van der Waals surface area contributed by atoms with E-state index in [9.17, 15) is 4.79 Å². The second-order valence-corrected chi connectivity index (χ2v) is 8.72. The molecule has 172 valence electrons. The highest BCUT2D eigenvalue weighted by Gasteiger charge is 2.38. The summed E-state index contributed by atoms with van der Waals surface area (Å²) >= 11 is 0. The van der Waals surface area contributed by atoms with Gasteiger partial charge in [-0.3, -0.25) is 4.79 Å². The number of benzene rings is 4. The van der Waals surface area contributed by atoms with Crippen molar-refractivity contribution in [3.05, 3.63) is 162 Å². The van der Waals surface area contributed by atoms with E-state index < -0.39 is 5.54 Å². The lowest BCUT2D eigenvalue weighted by molar-refractivity contribution is 0.0980. The number of carbonyl (C=O) groups is 1. The molecule has 0 amide bonds. The lowest BCUT2D eigenvalue weighted by Gasteiger charge is -2.37. The van der Waals surface area contributed by atoms with Crippen LogP contribution in [0.1, 0.15) is 45.6 Å². The van der Waals surface area contributed by atoms with Gasteiger partial charge in [-0.05, 0) is 29.5 Å². The normalized spacial score (nSPS) is 11.3. The molecule has 0 spiro atoms. The summed E-state index contributed by atoms with van der Waals surface area (Å²) in [6.07, 6.45) is 6.10. The number of ketones is 1. The third kappa shape index (κ3) is 4.58. The Morgan fingerprint density at radius 3 is 1.60 bits per heavy atom. The van der Waals surface area contributed by atoms with Crippen LogP contribution in [0.3, 0.4) is 0 Å². The van der Waals surface area contributed by atoms with Crippen molar-refractivity contribution in [3.8, 4) is 0 Å². The van der Waals surface area contributed by atoms with Gasteiger partial charge in [0.05, 0.1) is 12.0 Å². The quantitative estimate of drug-likeness (QED) is 0.178. The van der Waals surface area contributed by atoms with Gasteiger partial charge in [0.15, 0.2) is 5.78 Å². The molecular formula is C32H28N2O. The maximum atomic E-state index is 12.5. The van der Waals surface area contributed by atoms with Crippen LogP contribution in [-0.2, 0) is 12.0 Å². The molecule has 0 atom stereocenters. The topological polar surface area (TPSA) is 34.9 Å². The van der Waals surface area contributed by atoms with Gasteiger partial charge in [-0.1, -0.05) is 121 Å². The fraction of sp³-hybridized carbons (Fsp3) is 0.125. The van der Waals surface area contributed by atoms with Crippen LogP contribution in [0.15, 0.2) is 134 Å². The van der Waals surface area contributed by atoms with Crippen molar-refractivity contribution < 1.29 is 4.79 Å². The molecule has 0 aliphatic heterocycles. The van der Waals surface area contributed by atoms with Crippen molar-refractivity contribution in [2.45, 2.75) is 24.8 Å². The van der Waals surface area contributed by atoms with E-state index in [4.69, 9.17) is 4.98 Å². The first kappa shape index (κ1) is 22.5. The Kier molecular flexibility index (Phi) is 6.67. The third-order valence-electron chi connectivity index (χ3n) is 6.53. The summed E-state index contributed by atoms with van der Waals surface area (Å²) in [4.78, 5) is 17.3. The van der Waals surface area contributed by atoms with E-state index in [0.717, 1.165) is 24.1 Å². The molecule has 0 radical (unpaired) electrons. The van der Waals surface area contributed by atoms with Crippen molar-refractivity contribution >= 4 is 5.78 Å². The predicted molar refractivity (Wildman–Crippen MR) is 141 cm³/mol. The summed E-state index contributed by atoms with van der Waals surface area (Å²) in [6.45, 7) is 0. The summed E-state index contributed by atoms with van der Waals surface area (Å²) in [5.74, 6) is 0.178. The van der Waals surface area contributed by atoms with Gasteiger partial charge in [0.1, 0.15) is 5.54 Å². The molecule has 5 rings (SSSR count). The largest absolute Gasteiger partial charge is 0.319 e. The monoisotopic (exact) mass is 456 g/mol. The third-order valence-corrected chi connectivity index (χ3v) is 6.53. The summed E-state index contributed by atoms with van der Waals surface area (Å²) in [6, 6.07) is 41.2. The molecule has 0 N–H and O–H groups in total. The van der Waals surface area contributed by atoms with Gasteiger partial charge in [-0.2, -0.15) is 0 Å². The van der Waals surface area contributed by atoms with Crippen molar-refractivity contribution in [3.63, 3.8) is 0 Å². The number of hydrogen-bond donors (Lipinski definition) is 0. The number of nitrogens with zero attached hydrogens (tertiary/aromatic N) is 2. The number of imidazole rings is 1. The molecule has 0 unspecified atom stereocenters. The van der Waals surface area contributed by atoms with Gasteiger partial charge in [0.25, 0.3) is 0 Å². The Hall–Kier alpha value is -4.24. The summed E-state index contributed by atoms with van der Waals surface area (Å²) < 4.78 is 2.22. The SMILES string of the molecule is O=C(CCCc1cn(C(c2ccccc2)(c2ccccc2)c2ccccc2)cn1)c1ccccc1. The summed E-state index contributed by atoms with van der Waals surface area (Å²) in [5.41, 5.74) is 4.70. The van der Waals surface area contributed by atoms with Gasteiger partial charge in [-0.25, -0.2) is 4.98 Å². The van der Waals surface area contributed by atoms with E-state index >= 15 is 0 Å². The first-order chi connectivity index (χ1) is 17.3. The molecule has 0 aliphatic rings. The summed E-state index contributed by atoms with van der Waals surface area (Å²) in [7, 11) is 0. The molecule has 1 aromatic heterocycles. The van der Waals surface area contributed by atoms with Crippen LogP contribution >= 0.6 is 0 Å². The average molecular weight is 457 g/mol.